The van der Waals surface area contributed by atoms with E-state index >= 15 is 0 Å². The van der Waals surface area contributed by atoms with E-state index in [0.29, 0.717) is 15.7 Å². The molecule has 0 aliphatic rings. The third-order valence-electron chi connectivity index (χ3n) is 1.99. The third kappa shape index (κ3) is 2.91. The number of rotatable bonds is 3. The van der Waals surface area contributed by atoms with E-state index in [2.05, 4.69) is 20.3 Å². The van der Waals surface area contributed by atoms with Crippen molar-refractivity contribution in [2.24, 2.45) is 0 Å². The summed E-state index contributed by atoms with van der Waals surface area (Å²) < 4.78 is 4.89. The standard InChI is InChI=1S/C10H9Cl2N5O/c1-18-10-16-8(13)15-9(17-10)14-7-4-5(11)2-3-6(7)12/h2-4H,1H3,(H3,13,14,15,16,17). The molecule has 1 aromatic carbocycles. The minimum Gasteiger partial charge on any atom is -0.467 e. The molecule has 0 aliphatic carbocycles. The van der Waals surface area contributed by atoms with Gasteiger partial charge in [0.25, 0.3) is 0 Å². The molecule has 1 aromatic heterocycles. The van der Waals surface area contributed by atoms with E-state index in [1.165, 1.54) is 7.11 Å². The molecule has 6 nitrogen and oxygen atoms in total. The van der Waals surface area contributed by atoms with Crippen LogP contribution in [0.3, 0.4) is 0 Å². The van der Waals surface area contributed by atoms with Gasteiger partial charge in [0.15, 0.2) is 0 Å². The van der Waals surface area contributed by atoms with Crippen LogP contribution in [0.15, 0.2) is 18.2 Å². The Balaban J connectivity index is 2.33. The van der Waals surface area contributed by atoms with Crippen molar-refractivity contribution >= 4 is 40.8 Å². The van der Waals surface area contributed by atoms with Gasteiger partial charge < -0.3 is 15.8 Å². The maximum Gasteiger partial charge on any atom is 0.322 e. The molecule has 0 aliphatic heterocycles. The van der Waals surface area contributed by atoms with E-state index in [1.54, 1.807) is 18.2 Å². The Kier molecular flexibility index (Phi) is 3.69. The van der Waals surface area contributed by atoms with Gasteiger partial charge in [-0.3, -0.25) is 0 Å². The summed E-state index contributed by atoms with van der Waals surface area (Å²) in [7, 11) is 1.44. The van der Waals surface area contributed by atoms with Crippen molar-refractivity contribution < 1.29 is 4.74 Å². The molecule has 2 rings (SSSR count). The van der Waals surface area contributed by atoms with Crippen LogP contribution in [-0.2, 0) is 0 Å². The van der Waals surface area contributed by atoms with E-state index in [0.717, 1.165) is 0 Å². The monoisotopic (exact) mass is 285 g/mol. The van der Waals surface area contributed by atoms with Gasteiger partial charge in [0, 0.05) is 5.02 Å². The first-order valence-electron chi connectivity index (χ1n) is 4.86. The summed E-state index contributed by atoms with van der Waals surface area (Å²) in [6.45, 7) is 0. The summed E-state index contributed by atoms with van der Waals surface area (Å²) in [6, 6.07) is 5.10. The lowest BCUT2D eigenvalue weighted by Crippen LogP contribution is -2.05. The summed E-state index contributed by atoms with van der Waals surface area (Å²) in [5.74, 6) is 0.269. The molecule has 3 N–H and O–H groups in total. The number of nitrogens with one attached hydrogen (secondary N) is 1. The lowest BCUT2D eigenvalue weighted by Gasteiger charge is -2.08. The molecular weight excluding hydrogens is 277 g/mol. The third-order valence-corrected chi connectivity index (χ3v) is 2.55. The van der Waals surface area contributed by atoms with Crippen LogP contribution in [0.1, 0.15) is 0 Å². The largest absolute Gasteiger partial charge is 0.467 e. The molecule has 0 amide bonds. The van der Waals surface area contributed by atoms with Crippen LogP contribution in [0.4, 0.5) is 17.6 Å². The summed E-state index contributed by atoms with van der Waals surface area (Å²) in [5, 5.41) is 3.91. The average Bonchev–Trinajstić information content (AvgIpc) is 2.33. The summed E-state index contributed by atoms with van der Waals surface area (Å²) in [5.41, 5.74) is 6.08. The fraction of sp³-hybridized carbons (Fsp3) is 0.100. The number of aromatic nitrogens is 3. The molecule has 0 fully saturated rings. The van der Waals surface area contributed by atoms with Crippen molar-refractivity contribution in [3.05, 3.63) is 28.2 Å². The molecule has 0 saturated carbocycles. The van der Waals surface area contributed by atoms with Crippen molar-refractivity contribution in [2.75, 3.05) is 18.2 Å². The second kappa shape index (κ2) is 5.24. The Bertz CT molecular complexity index is 578. The van der Waals surface area contributed by atoms with Gasteiger partial charge in [-0.1, -0.05) is 23.2 Å². The first-order valence-corrected chi connectivity index (χ1v) is 5.61. The van der Waals surface area contributed by atoms with E-state index in [1.807, 2.05) is 0 Å². The van der Waals surface area contributed by atoms with Crippen LogP contribution in [0.2, 0.25) is 10.0 Å². The maximum absolute atomic E-state index is 6.00. The van der Waals surface area contributed by atoms with E-state index < -0.39 is 0 Å². The molecule has 2 aromatic rings. The lowest BCUT2D eigenvalue weighted by atomic mass is 10.3. The summed E-state index contributed by atoms with van der Waals surface area (Å²) >= 11 is 11.9. The quantitative estimate of drug-likeness (QED) is 0.901. The predicted octanol–water partition coefficient (Wildman–Crippen LogP) is 2.51. The van der Waals surface area contributed by atoms with Gasteiger partial charge in [-0.2, -0.15) is 15.0 Å². The van der Waals surface area contributed by atoms with Crippen molar-refractivity contribution in [1.29, 1.82) is 0 Å². The SMILES string of the molecule is COc1nc(N)nc(Nc2cc(Cl)ccc2Cl)n1. The van der Waals surface area contributed by atoms with Crippen molar-refractivity contribution in [3.63, 3.8) is 0 Å². The van der Waals surface area contributed by atoms with Crippen LogP contribution in [0, 0.1) is 0 Å². The Morgan fingerprint density at radius 1 is 1.22 bits per heavy atom. The van der Waals surface area contributed by atoms with Crippen molar-refractivity contribution in [2.45, 2.75) is 0 Å². The predicted molar refractivity (Wildman–Crippen MR) is 70.5 cm³/mol. The number of halogens is 2. The number of ether oxygens (including phenoxy) is 1. The average molecular weight is 286 g/mol. The first-order chi connectivity index (χ1) is 8.58. The van der Waals surface area contributed by atoms with E-state index in [4.69, 9.17) is 33.7 Å². The smallest absolute Gasteiger partial charge is 0.322 e. The van der Waals surface area contributed by atoms with Crippen LogP contribution >= 0.6 is 23.2 Å². The highest BCUT2D eigenvalue weighted by molar-refractivity contribution is 6.35. The zero-order valence-corrected chi connectivity index (χ0v) is 10.8. The molecule has 1 heterocycles. The van der Waals surface area contributed by atoms with Gasteiger partial charge >= 0.3 is 6.01 Å². The summed E-state index contributed by atoms with van der Waals surface area (Å²) in [6.07, 6.45) is 0. The van der Waals surface area contributed by atoms with Crippen LogP contribution in [0.25, 0.3) is 0 Å². The van der Waals surface area contributed by atoms with Gasteiger partial charge in [-0.25, -0.2) is 0 Å². The van der Waals surface area contributed by atoms with Gasteiger partial charge in [0.1, 0.15) is 0 Å². The van der Waals surface area contributed by atoms with Crippen molar-refractivity contribution in [3.8, 4) is 6.01 Å². The summed E-state index contributed by atoms with van der Waals surface area (Å²) in [4.78, 5) is 11.7. The number of methoxy groups -OCH3 is 1. The van der Waals surface area contributed by atoms with E-state index in [-0.39, 0.29) is 17.9 Å². The second-order valence-electron chi connectivity index (χ2n) is 3.25. The van der Waals surface area contributed by atoms with Crippen LogP contribution in [-0.4, -0.2) is 22.1 Å². The highest BCUT2D eigenvalue weighted by Gasteiger charge is 2.07. The number of anilines is 3. The second-order valence-corrected chi connectivity index (χ2v) is 4.10. The van der Waals surface area contributed by atoms with Gasteiger partial charge in [-0.15, -0.1) is 0 Å². The van der Waals surface area contributed by atoms with Crippen molar-refractivity contribution in [1.82, 2.24) is 15.0 Å². The Morgan fingerprint density at radius 2 is 2.00 bits per heavy atom. The minimum atomic E-state index is 0.0440. The lowest BCUT2D eigenvalue weighted by molar-refractivity contribution is 0.380. The zero-order valence-electron chi connectivity index (χ0n) is 9.32. The topological polar surface area (TPSA) is 86.0 Å². The molecule has 18 heavy (non-hydrogen) atoms. The number of hydrogen-bond acceptors (Lipinski definition) is 6. The molecule has 94 valence electrons. The van der Waals surface area contributed by atoms with Gasteiger partial charge in [0.2, 0.25) is 11.9 Å². The maximum atomic E-state index is 6.00. The molecule has 8 heteroatoms. The number of nitrogens with two attached hydrogens (primary N) is 1. The van der Waals surface area contributed by atoms with Crippen LogP contribution in [0.5, 0.6) is 6.01 Å². The molecule has 0 spiro atoms. The Morgan fingerprint density at radius 3 is 2.72 bits per heavy atom. The van der Waals surface area contributed by atoms with Gasteiger partial charge in [0.05, 0.1) is 17.8 Å². The fourth-order valence-electron chi connectivity index (χ4n) is 1.23. The molecule has 0 unspecified atom stereocenters. The normalized spacial score (nSPS) is 10.2. The molecule has 0 radical (unpaired) electrons. The molecule has 0 bridgehead atoms. The van der Waals surface area contributed by atoms with E-state index in [9.17, 15) is 0 Å². The number of nitrogen functional groups attached to an aromatic ring is 1. The molecule has 0 atom stereocenters. The Labute approximate surface area is 113 Å². The van der Waals surface area contributed by atoms with Gasteiger partial charge in [-0.05, 0) is 18.2 Å². The Hall–Kier alpha value is -1.79. The first kappa shape index (κ1) is 12.7. The fourth-order valence-corrected chi connectivity index (χ4v) is 1.57. The highest BCUT2D eigenvalue weighted by Crippen LogP contribution is 2.27. The highest BCUT2D eigenvalue weighted by atomic mass is 35.5. The number of nitrogens with zero attached hydrogens (tertiary/aromatic N) is 3. The molecular formula is C10H9Cl2N5O. The number of hydrogen-bond donors (Lipinski definition) is 2. The van der Waals surface area contributed by atoms with Crippen LogP contribution < -0.4 is 15.8 Å². The zero-order chi connectivity index (χ0) is 13.1. The minimum absolute atomic E-state index is 0.0440. The number of benzene rings is 1. The molecule has 0 saturated heterocycles.